The molecule has 0 radical (unpaired) electrons. The Labute approximate surface area is 142 Å². The smallest absolute Gasteiger partial charge is 0.305 e. The van der Waals surface area contributed by atoms with Crippen LogP contribution < -0.4 is 0 Å². The summed E-state index contributed by atoms with van der Waals surface area (Å²) >= 11 is 6.02. The highest BCUT2D eigenvalue weighted by Crippen LogP contribution is 2.35. The third-order valence-corrected chi connectivity index (χ3v) is 4.29. The molecule has 0 fully saturated rings. The average molecular weight is 333 g/mol. The second-order valence-corrected chi connectivity index (χ2v) is 6.10. The lowest BCUT2D eigenvalue weighted by molar-refractivity contribution is -0.140. The number of allylic oxidation sites excluding steroid dienone is 4. The van der Waals surface area contributed by atoms with Gasteiger partial charge in [0.1, 0.15) is 0 Å². The van der Waals surface area contributed by atoms with Crippen molar-refractivity contribution in [3.63, 3.8) is 0 Å². The van der Waals surface area contributed by atoms with E-state index in [1.807, 2.05) is 25.1 Å². The molecule has 0 heterocycles. The molecular formula is C19H21ClO3. The number of carbonyl (C=O) groups excluding carboxylic acids is 2. The van der Waals surface area contributed by atoms with Gasteiger partial charge in [-0.3, -0.25) is 9.59 Å². The third-order valence-electron chi connectivity index (χ3n) is 4.05. The van der Waals surface area contributed by atoms with E-state index in [2.05, 4.69) is 10.8 Å². The molecule has 122 valence electrons. The number of hydrogen-bond donors (Lipinski definition) is 0. The molecule has 0 bridgehead atoms. The van der Waals surface area contributed by atoms with E-state index in [9.17, 15) is 9.59 Å². The number of methoxy groups -OCH3 is 1. The van der Waals surface area contributed by atoms with Crippen molar-refractivity contribution in [1.82, 2.24) is 0 Å². The van der Waals surface area contributed by atoms with Gasteiger partial charge in [0.25, 0.3) is 0 Å². The van der Waals surface area contributed by atoms with Crippen molar-refractivity contribution < 1.29 is 14.3 Å². The Balaban J connectivity index is 2.03. The molecule has 0 amide bonds. The maximum Gasteiger partial charge on any atom is 0.305 e. The number of benzene rings is 1. The summed E-state index contributed by atoms with van der Waals surface area (Å²) in [5, 5.41) is 0.635. The first-order chi connectivity index (χ1) is 11.0. The number of carbonyl (C=O) groups is 2. The van der Waals surface area contributed by atoms with E-state index >= 15 is 0 Å². The fraction of sp³-hybridized carbons (Fsp3) is 0.368. The zero-order valence-electron chi connectivity index (χ0n) is 13.5. The van der Waals surface area contributed by atoms with Crippen molar-refractivity contribution in [2.24, 2.45) is 0 Å². The van der Waals surface area contributed by atoms with Crippen LogP contribution in [0.25, 0.3) is 5.57 Å². The molecule has 2 rings (SSSR count). The van der Waals surface area contributed by atoms with Gasteiger partial charge in [-0.25, -0.2) is 0 Å². The summed E-state index contributed by atoms with van der Waals surface area (Å²) in [4.78, 5) is 23.4. The van der Waals surface area contributed by atoms with Gasteiger partial charge in [0.05, 0.1) is 7.11 Å². The van der Waals surface area contributed by atoms with Gasteiger partial charge < -0.3 is 4.74 Å². The first kappa shape index (κ1) is 17.5. The monoisotopic (exact) mass is 332 g/mol. The normalized spacial score (nSPS) is 16.3. The Kier molecular flexibility index (Phi) is 6.17. The van der Waals surface area contributed by atoms with Gasteiger partial charge >= 0.3 is 5.97 Å². The molecule has 1 aliphatic carbocycles. The molecule has 0 aliphatic heterocycles. The second-order valence-electron chi connectivity index (χ2n) is 5.66. The molecule has 23 heavy (non-hydrogen) atoms. The first-order valence-electron chi connectivity index (χ1n) is 7.79. The van der Waals surface area contributed by atoms with Crippen molar-refractivity contribution in [2.75, 3.05) is 7.11 Å². The van der Waals surface area contributed by atoms with E-state index in [1.54, 1.807) is 6.07 Å². The Morgan fingerprint density at radius 3 is 2.83 bits per heavy atom. The summed E-state index contributed by atoms with van der Waals surface area (Å²) in [6.07, 6.45) is 5.58. The predicted octanol–water partition coefficient (Wildman–Crippen LogP) is 4.75. The lowest BCUT2D eigenvalue weighted by Gasteiger charge is -2.04. The maximum atomic E-state index is 12.3. The highest BCUT2D eigenvalue weighted by molar-refractivity contribution is 6.31. The molecule has 0 saturated heterocycles. The van der Waals surface area contributed by atoms with Crippen LogP contribution in [0.2, 0.25) is 5.02 Å². The Hall–Kier alpha value is -1.87. The highest BCUT2D eigenvalue weighted by Gasteiger charge is 2.25. The van der Waals surface area contributed by atoms with Crippen molar-refractivity contribution in [1.29, 1.82) is 0 Å². The molecule has 0 saturated carbocycles. The molecule has 3 nitrogen and oxygen atoms in total. The van der Waals surface area contributed by atoms with E-state index in [0.29, 0.717) is 17.9 Å². The number of halogens is 1. The van der Waals surface area contributed by atoms with Gasteiger partial charge in [-0.05, 0) is 55.0 Å². The number of hydrogen-bond acceptors (Lipinski definition) is 3. The molecule has 0 spiro atoms. The number of Topliss-reactive ketones (excluding diaryl/α,β-unsaturated/α-hetero) is 1. The van der Waals surface area contributed by atoms with Gasteiger partial charge in [-0.2, -0.15) is 0 Å². The van der Waals surface area contributed by atoms with Gasteiger partial charge in [-0.15, -0.1) is 0 Å². The molecule has 1 aliphatic rings. The lowest BCUT2D eigenvalue weighted by Crippen LogP contribution is -1.98. The van der Waals surface area contributed by atoms with Crippen molar-refractivity contribution in [2.45, 2.75) is 39.0 Å². The standard InChI is InChI=1S/C19H21ClO3/c1-13-14(7-4-3-5-10-18(22)23-2)12-17(21)19(13)15-8-6-9-16(20)11-15/h6-9,11H,3-5,10,12H2,1-2H3/b14-7-. The van der Waals surface area contributed by atoms with Crippen LogP contribution in [0.15, 0.2) is 41.5 Å². The van der Waals surface area contributed by atoms with Gasteiger partial charge in [-0.1, -0.05) is 29.8 Å². The van der Waals surface area contributed by atoms with E-state index in [0.717, 1.165) is 41.5 Å². The maximum absolute atomic E-state index is 12.3. The first-order valence-corrected chi connectivity index (χ1v) is 8.17. The Bertz CT molecular complexity index is 671. The predicted molar refractivity (Wildman–Crippen MR) is 92.2 cm³/mol. The minimum atomic E-state index is -0.173. The SMILES string of the molecule is COC(=O)CCCC/C=C1/CC(=O)C(c2cccc(Cl)c2)=C1C. The summed E-state index contributed by atoms with van der Waals surface area (Å²) < 4.78 is 4.62. The minimum Gasteiger partial charge on any atom is -0.469 e. The van der Waals surface area contributed by atoms with E-state index in [1.165, 1.54) is 7.11 Å². The summed E-state index contributed by atoms with van der Waals surface area (Å²) in [5.74, 6) is -0.0291. The quantitative estimate of drug-likeness (QED) is 0.558. The molecular weight excluding hydrogens is 312 g/mol. The van der Waals surface area contributed by atoms with Crippen LogP contribution in [0.3, 0.4) is 0 Å². The van der Waals surface area contributed by atoms with E-state index < -0.39 is 0 Å². The molecule has 1 aromatic carbocycles. The van der Waals surface area contributed by atoms with Crippen LogP contribution in [0.1, 0.15) is 44.6 Å². The third kappa shape index (κ3) is 4.55. The minimum absolute atomic E-state index is 0.144. The van der Waals surface area contributed by atoms with Crippen LogP contribution in [0.5, 0.6) is 0 Å². The van der Waals surface area contributed by atoms with Crippen molar-refractivity contribution in [3.8, 4) is 0 Å². The number of ether oxygens (including phenoxy) is 1. The zero-order chi connectivity index (χ0) is 16.8. The number of ketones is 1. The van der Waals surface area contributed by atoms with Crippen molar-refractivity contribution in [3.05, 3.63) is 52.1 Å². The average Bonchev–Trinajstić information content (AvgIpc) is 2.81. The van der Waals surface area contributed by atoms with Crippen LogP contribution in [-0.2, 0) is 14.3 Å². The fourth-order valence-corrected chi connectivity index (χ4v) is 2.99. The fourth-order valence-electron chi connectivity index (χ4n) is 2.80. The number of rotatable bonds is 6. The second kappa shape index (κ2) is 8.11. The molecule has 1 aromatic rings. The summed E-state index contributed by atoms with van der Waals surface area (Å²) in [7, 11) is 1.40. The van der Waals surface area contributed by atoms with Crippen LogP contribution in [0, 0.1) is 0 Å². The lowest BCUT2D eigenvalue weighted by atomic mass is 10.0. The largest absolute Gasteiger partial charge is 0.469 e. The Morgan fingerprint density at radius 2 is 2.13 bits per heavy atom. The molecule has 0 aromatic heterocycles. The van der Waals surface area contributed by atoms with Crippen LogP contribution in [0.4, 0.5) is 0 Å². The number of esters is 1. The van der Waals surface area contributed by atoms with Crippen molar-refractivity contribution >= 4 is 28.9 Å². The van der Waals surface area contributed by atoms with E-state index in [4.69, 9.17) is 11.6 Å². The zero-order valence-corrected chi connectivity index (χ0v) is 14.3. The molecule has 4 heteroatoms. The molecule has 0 unspecified atom stereocenters. The van der Waals surface area contributed by atoms with Crippen LogP contribution >= 0.6 is 11.6 Å². The number of unbranched alkanes of at least 4 members (excludes halogenated alkanes) is 2. The summed E-state index contributed by atoms with van der Waals surface area (Å²) in [6.45, 7) is 1.99. The molecule has 0 N–H and O–H groups in total. The van der Waals surface area contributed by atoms with Gasteiger partial charge in [0, 0.05) is 23.4 Å². The molecule has 0 atom stereocenters. The summed E-state index contributed by atoms with van der Waals surface area (Å²) in [6, 6.07) is 7.41. The summed E-state index contributed by atoms with van der Waals surface area (Å²) in [5.41, 5.74) is 3.77. The van der Waals surface area contributed by atoms with Gasteiger partial charge in [0.15, 0.2) is 5.78 Å². The van der Waals surface area contributed by atoms with E-state index in [-0.39, 0.29) is 11.8 Å². The highest BCUT2D eigenvalue weighted by atomic mass is 35.5. The van der Waals surface area contributed by atoms with Gasteiger partial charge in [0.2, 0.25) is 0 Å². The topological polar surface area (TPSA) is 43.4 Å². The Morgan fingerprint density at radius 1 is 1.35 bits per heavy atom. The van der Waals surface area contributed by atoms with Crippen LogP contribution in [-0.4, -0.2) is 18.9 Å².